The third-order valence-electron chi connectivity index (χ3n) is 4.06. The summed E-state index contributed by atoms with van der Waals surface area (Å²) >= 11 is 0. The smallest absolute Gasteiger partial charge is 0.430 e. The molecule has 0 aliphatic rings. The fraction of sp³-hybridized carbons (Fsp3) is 0.368. The van der Waals surface area contributed by atoms with Gasteiger partial charge >= 0.3 is 12.4 Å². The van der Waals surface area contributed by atoms with Crippen LogP contribution in [0.2, 0.25) is 0 Å². The molecule has 0 aromatic heterocycles. The Labute approximate surface area is 152 Å². The molecule has 0 fully saturated rings. The molecule has 148 valence electrons. The normalized spacial score (nSPS) is 12.9. The molecule has 0 unspecified atom stereocenters. The van der Waals surface area contributed by atoms with Crippen molar-refractivity contribution < 1.29 is 36.2 Å². The van der Waals surface area contributed by atoms with Crippen LogP contribution in [0, 0.1) is 0 Å². The van der Waals surface area contributed by atoms with E-state index in [4.69, 9.17) is 4.74 Å². The van der Waals surface area contributed by atoms with Crippen molar-refractivity contribution in [1.82, 2.24) is 0 Å². The summed E-state index contributed by atoms with van der Waals surface area (Å²) in [5.74, 6) is 0.177. The van der Waals surface area contributed by atoms with Crippen molar-refractivity contribution >= 4 is 0 Å². The molecule has 0 bridgehead atoms. The van der Waals surface area contributed by atoms with Gasteiger partial charge in [-0.05, 0) is 29.7 Å². The van der Waals surface area contributed by atoms with Gasteiger partial charge in [0.15, 0.2) is 0 Å². The Balaban J connectivity index is 2.41. The molecule has 0 radical (unpaired) electrons. The highest BCUT2D eigenvalue weighted by Gasteiger charge is 2.71. The summed E-state index contributed by atoms with van der Waals surface area (Å²) in [6.07, 6.45) is -11.2. The molecule has 2 nitrogen and oxygen atoms in total. The average molecular weight is 392 g/mol. The monoisotopic (exact) mass is 392 g/mol. The van der Waals surface area contributed by atoms with E-state index in [1.165, 1.54) is 0 Å². The first-order valence-electron chi connectivity index (χ1n) is 8.16. The number of alkyl halides is 6. The molecular formula is C19H18F6O2. The van der Waals surface area contributed by atoms with Crippen molar-refractivity contribution in [1.29, 1.82) is 0 Å². The molecule has 8 heteroatoms. The van der Waals surface area contributed by atoms with Crippen molar-refractivity contribution in [3.63, 3.8) is 0 Å². The number of benzene rings is 2. The van der Waals surface area contributed by atoms with Gasteiger partial charge in [0.2, 0.25) is 0 Å². The zero-order chi connectivity index (χ0) is 20.3. The summed E-state index contributed by atoms with van der Waals surface area (Å²) in [6, 6.07) is 11.3. The molecule has 0 aliphatic heterocycles. The summed E-state index contributed by atoms with van der Waals surface area (Å²) < 4.78 is 84.0. The van der Waals surface area contributed by atoms with Crippen LogP contribution in [0.5, 0.6) is 5.75 Å². The molecule has 2 aromatic rings. The predicted molar refractivity (Wildman–Crippen MR) is 87.2 cm³/mol. The van der Waals surface area contributed by atoms with Gasteiger partial charge in [-0.15, -0.1) is 0 Å². The Morgan fingerprint density at radius 1 is 0.889 bits per heavy atom. The predicted octanol–water partition coefficient (Wildman–Crippen LogP) is 5.53. The summed E-state index contributed by atoms with van der Waals surface area (Å²) in [5.41, 5.74) is -5.26. The Morgan fingerprint density at radius 3 is 2.00 bits per heavy atom. The van der Waals surface area contributed by atoms with E-state index in [-0.39, 0.29) is 24.3 Å². The fourth-order valence-electron chi connectivity index (χ4n) is 2.63. The van der Waals surface area contributed by atoms with Crippen molar-refractivity contribution in [3.05, 3.63) is 65.2 Å². The molecule has 0 heterocycles. The Bertz CT molecular complexity index is 739. The third kappa shape index (κ3) is 4.37. The SMILES string of the molecule is CCCc1cc(C(O)(C(F)(F)F)C(F)(F)F)ccc1OCc1ccccc1. The van der Waals surface area contributed by atoms with Crippen LogP contribution in [0.1, 0.15) is 30.0 Å². The largest absolute Gasteiger partial charge is 0.489 e. The highest BCUT2D eigenvalue weighted by Crippen LogP contribution is 2.50. The van der Waals surface area contributed by atoms with E-state index in [0.717, 1.165) is 11.6 Å². The van der Waals surface area contributed by atoms with Crippen molar-refractivity contribution in [2.45, 2.75) is 44.3 Å². The van der Waals surface area contributed by atoms with Gasteiger partial charge in [-0.3, -0.25) is 0 Å². The van der Waals surface area contributed by atoms with Gasteiger partial charge < -0.3 is 9.84 Å². The molecule has 0 amide bonds. The van der Waals surface area contributed by atoms with Crippen LogP contribution in [-0.2, 0) is 18.6 Å². The van der Waals surface area contributed by atoms with Gasteiger partial charge in [-0.2, -0.15) is 26.3 Å². The number of hydrogen-bond acceptors (Lipinski definition) is 2. The molecule has 0 saturated heterocycles. The number of aliphatic hydroxyl groups is 1. The molecule has 2 aromatic carbocycles. The minimum Gasteiger partial charge on any atom is -0.489 e. The highest BCUT2D eigenvalue weighted by molar-refractivity contribution is 5.41. The number of aryl methyl sites for hydroxylation is 1. The first kappa shape index (κ1) is 21.1. The van der Waals surface area contributed by atoms with Crippen LogP contribution >= 0.6 is 0 Å². The topological polar surface area (TPSA) is 29.5 Å². The van der Waals surface area contributed by atoms with Gasteiger partial charge in [-0.1, -0.05) is 49.7 Å². The number of rotatable bonds is 6. The molecule has 2 rings (SSSR count). The van der Waals surface area contributed by atoms with E-state index in [1.807, 2.05) is 0 Å². The van der Waals surface area contributed by atoms with Gasteiger partial charge in [0.05, 0.1) is 0 Å². The van der Waals surface area contributed by atoms with Crippen molar-refractivity contribution in [2.24, 2.45) is 0 Å². The van der Waals surface area contributed by atoms with Gasteiger partial charge in [0, 0.05) is 5.56 Å². The van der Waals surface area contributed by atoms with E-state index in [1.54, 1.807) is 37.3 Å². The second-order valence-corrected chi connectivity index (χ2v) is 6.05. The van der Waals surface area contributed by atoms with E-state index in [2.05, 4.69) is 0 Å². The quantitative estimate of drug-likeness (QED) is 0.655. The van der Waals surface area contributed by atoms with Gasteiger partial charge in [0.25, 0.3) is 5.60 Å². The molecule has 0 atom stereocenters. The molecule has 1 N–H and O–H groups in total. The van der Waals surface area contributed by atoms with Crippen LogP contribution in [0.25, 0.3) is 0 Å². The second kappa shape index (κ2) is 7.80. The minimum absolute atomic E-state index is 0.111. The lowest BCUT2D eigenvalue weighted by atomic mass is 9.90. The second-order valence-electron chi connectivity index (χ2n) is 6.05. The van der Waals surface area contributed by atoms with Crippen LogP contribution in [-0.4, -0.2) is 17.5 Å². The third-order valence-corrected chi connectivity index (χ3v) is 4.06. The summed E-state index contributed by atoms with van der Waals surface area (Å²) in [4.78, 5) is 0. The van der Waals surface area contributed by atoms with E-state index in [9.17, 15) is 31.4 Å². The van der Waals surface area contributed by atoms with E-state index < -0.39 is 23.5 Å². The van der Waals surface area contributed by atoms with Crippen LogP contribution in [0.4, 0.5) is 26.3 Å². The molecule has 27 heavy (non-hydrogen) atoms. The lowest BCUT2D eigenvalue weighted by molar-refractivity contribution is -0.376. The highest BCUT2D eigenvalue weighted by atomic mass is 19.4. The van der Waals surface area contributed by atoms with E-state index in [0.29, 0.717) is 18.6 Å². The van der Waals surface area contributed by atoms with Gasteiger partial charge in [-0.25, -0.2) is 0 Å². The zero-order valence-corrected chi connectivity index (χ0v) is 14.4. The van der Waals surface area contributed by atoms with Crippen molar-refractivity contribution in [3.8, 4) is 5.75 Å². The standard InChI is InChI=1S/C19H18F6O2/c1-2-6-14-11-15(17(26,18(20,21)22)19(23,24)25)9-10-16(14)27-12-13-7-4-3-5-8-13/h3-5,7-11,26H,2,6,12H2,1H3. The number of hydrogen-bond donors (Lipinski definition) is 1. The van der Waals surface area contributed by atoms with E-state index >= 15 is 0 Å². The average Bonchev–Trinajstić information content (AvgIpc) is 2.59. The van der Waals surface area contributed by atoms with Gasteiger partial charge in [0.1, 0.15) is 12.4 Å². The minimum atomic E-state index is -5.92. The maximum absolute atomic E-state index is 13.1. The first-order chi connectivity index (χ1) is 12.5. The zero-order valence-electron chi connectivity index (χ0n) is 14.4. The number of ether oxygens (including phenoxy) is 1. The lowest BCUT2D eigenvalue weighted by Crippen LogP contribution is -2.53. The Morgan fingerprint density at radius 2 is 1.48 bits per heavy atom. The molecule has 0 aliphatic carbocycles. The molecule has 0 spiro atoms. The van der Waals surface area contributed by atoms with Crippen LogP contribution in [0.15, 0.2) is 48.5 Å². The van der Waals surface area contributed by atoms with Crippen molar-refractivity contribution in [2.75, 3.05) is 0 Å². The summed E-state index contributed by atoms with van der Waals surface area (Å²) in [5, 5.41) is 9.56. The number of halogens is 6. The Hall–Kier alpha value is -2.22. The lowest BCUT2D eigenvalue weighted by Gasteiger charge is -2.33. The maximum atomic E-state index is 13.1. The summed E-state index contributed by atoms with van der Waals surface area (Å²) in [6.45, 7) is 1.84. The van der Waals surface area contributed by atoms with Crippen LogP contribution < -0.4 is 4.74 Å². The van der Waals surface area contributed by atoms with Crippen LogP contribution in [0.3, 0.4) is 0 Å². The summed E-state index contributed by atoms with van der Waals surface area (Å²) in [7, 11) is 0. The molecule has 0 saturated carbocycles. The maximum Gasteiger partial charge on any atom is 0.430 e. The Kier molecular flexibility index (Phi) is 6.09. The first-order valence-corrected chi connectivity index (χ1v) is 8.16. The molecular weight excluding hydrogens is 374 g/mol. The fourth-order valence-corrected chi connectivity index (χ4v) is 2.63.